The van der Waals surface area contributed by atoms with Crippen LogP contribution in [0.3, 0.4) is 0 Å². The highest BCUT2D eigenvalue weighted by atomic mass is 19.1. The fourth-order valence-electron chi connectivity index (χ4n) is 2.58. The Bertz CT molecular complexity index is 676. The molecule has 0 saturated carbocycles. The highest BCUT2D eigenvalue weighted by Gasteiger charge is 2.14. The highest BCUT2D eigenvalue weighted by Crippen LogP contribution is 2.25. The first kappa shape index (κ1) is 14.9. The SMILES string of the molecule is OC(CNCc1ccc2c(c1)CCO2)c1ccc(F)cc1F. The van der Waals surface area contributed by atoms with Crippen LogP contribution in [0, 0.1) is 11.6 Å². The molecule has 0 spiro atoms. The fraction of sp³-hybridized carbons (Fsp3) is 0.294. The van der Waals surface area contributed by atoms with Gasteiger partial charge in [0.05, 0.1) is 12.7 Å². The number of benzene rings is 2. The minimum atomic E-state index is -1.02. The quantitative estimate of drug-likeness (QED) is 0.892. The van der Waals surface area contributed by atoms with Crippen LogP contribution in [-0.2, 0) is 13.0 Å². The molecular formula is C17H17F2NO2. The summed E-state index contributed by atoms with van der Waals surface area (Å²) in [5.41, 5.74) is 2.36. The van der Waals surface area contributed by atoms with Gasteiger partial charge in [0.25, 0.3) is 0 Å². The number of fused-ring (bicyclic) bond motifs is 1. The largest absolute Gasteiger partial charge is 0.493 e. The molecule has 2 N–H and O–H groups in total. The van der Waals surface area contributed by atoms with Crippen molar-refractivity contribution in [3.8, 4) is 5.75 Å². The molecule has 2 aromatic carbocycles. The van der Waals surface area contributed by atoms with Gasteiger partial charge in [-0.05, 0) is 23.3 Å². The second-order valence-electron chi connectivity index (χ2n) is 5.35. The molecule has 0 saturated heterocycles. The van der Waals surface area contributed by atoms with Crippen LogP contribution in [0.1, 0.15) is 22.8 Å². The minimum absolute atomic E-state index is 0.0938. The molecule has 0 aromatic heterocycles. The van der Waals surface area contributed by atoms with Crippen LogP contribution in [0.25, 0.3) is 0 Å². The zero-order chi connectivity index (χ0) is 15.5. The Morgan fingerprint density at radius 3 is 2.86 bits per heavy atom. The second-order valence-corrected chi connectivity index (χ2v) is 5.35. The first-order chi connectivity index (χ1) is 10.6. The van der Waals surface area contributed by atoms with Crippen LogP contribution in [0.2, 0.25) is 0 Å². The number of hydrogen-bond acceptors (Lipinski definition) is 3. The van der Waals surface area contributed by atoms with E-state index in [0.717, 1.165) is 36.5 Å². The van der Waals surface area contributed by atoms with Crippen molar-refractivity contribution in [2.75, 3.05) is 13.2 Å². The van der Waals surface area contributed by atoms with E-state index >= 15 is 0 Å². The first-order valence-electron chi connectivity index (χ1n) is 7.22. The number of hydrogen-bond donors (Lipinski definition) is 2. The maximum Gasteiger partial charge on any atom is 0.131 e. The number of aliphatic hydroxyl groups is 1. The maximum absolute atomic E-state index is 13.6. The lowest BCUT2D eigenvalue weighted by Crippen LogP contribution is -2.21. The smallest absolute Gasteiger partial charge is 0.131 e. The maximum atomic E-state index is 13.6. The molecule has 116 valence electrons. The summed E-state index contributed by atoms with van der Waals surface area (Å²) in [5.74, 6) is -0.456. The van der Waals surface area contributed by atoms with Crippen molar-refractivity contribution in [1.29, 1.82) is 0 Å². The van der Waals surface area contributed by atoms with Crippen LogP contribution in [0.5, 0.6) is 5.75 Å². The zero-order valence-electron chi connectivity index (χ0n) is 12.0. The van der Waals surface area contributed by atoms with Gasteiger partial charge in [0, 0.05) is 31.1 Å². The molecule has 2 aromatic rings. The molecule has 3 nitrogen and oxygen atoms in total. The Morgan fingerprint density at radius 2 is 2.05 bits per heavy atom. The highest BCUT2D eigenvalue weighted by molar-refractivity contribution is 5.39. The van der Waals surface area contributed by atoms with Gasteiger partial charge in [-0.2, -0.15) is 0 Å². The van der Waals surface area contributed by atoms with E-state index in [9.17, 15) is 13.9 Å². The Labute approximate surface area is 127 Å². The van der Waals surface area contributed by atoms with Crippen molar-refractivity contribution < 1.29 is 18.6 Å². The Morgan fingerprint density at radius 1 is 1.18 bits per heavy atom. The van der Waals surface area contributed by atoms with Crippen LogP contribution in [-0.4, -0.2) is 18.3 Å². The van der Waals surface area contributed by atoms with Crippen LogP contribution < -0.4 is 10.1 Å². The molecule has 0 radical (unpaired) electrons. The van der Waals surface area contributed by atoms with Gasteiger partial charge in [-0.3, -0.25) is 0 Å². The normalized spacial score (nSPS) is 14.5. The summed E-state index contributed by atoms with van der Waals surface area (Å²) >= 11 is 0. The lowest BCUT2D eigenvalue weighted by molar-refractivity contribution is 0.169. The summed E-state index contributed by atoms with van der Waals surface area (Å²) < 4.78 is 31.8. The van der Waals surface area contributed by atoms with Gasteiger partial charge >= 0.3 is 0 Å². The molecule has 0 amide bonds. The molecule has 0 bridgehead atoms. The van der Waals surface area contributed by atoms with E-state index in [4.69, 9.17) is 4.74 Å². The van der Waals surface area contributed by atoms with Crippen molar-refractivity contribution in [2.24, 2.45) is 0 Å². The molecule has 1 aliphatic rings. The van der Waals surface area contributed by atoms with E-state index < -0.39 is 17.7 Å². The molecular weight excluding hydrogens is 288 g/mol. The zero-order valence-corrected chi connectivity index (χ0v) is 12.0. The van der Waals surface area contributed by atoms with E-state index in [-0.39, 0.29) is 12.1 Å². The molecule has 3 rings (SSSR count). The van der Waals surface area contributed by atoms with Gasteiger partial charge in [0.15, 0.2) is 0 Å². The van der Waals surface area contributed by atoms with E-state index in [2.05, 4.69) is 11.4 Å². The van der Waals surface area contributed by atoms with Gasteiger partial charge in [0.1, 0.15) is 17.4 Å². The van der Waals surface area contributed by atoms with E-state index in [1.165, 1.54) is 11.6 Å². The summed E-state index contributed by atoms with van der Waals surface area (Å²) in [5, 5.41) is 13.1. The van der Waals surface area contributed by atoms with Crippen LogP contribution in [0.4, 0.5) is 8.78 Å². The van der Waals surface area contributed by atoms with Crippen molar-refractivity contribution in [1.82, 2.24) is 5.32 Å². The summed E-state index contributed by atoms with van der Waals surface area (Å²) in [7, 11) is 0. The second kappa shape index (κ2) is 6.42. The van der Waals surface area contributed by atoms with Crippen LogP contribution in [0.15, 0.2) is 36.4 Å². The predicted octanol–water partition coefficient (Wildman–Crippen LogP) is 2.72. The molecule has 22 heavy (non-hydrogen) atoms. The summed E-state index contributed by atoms with van der Waals surface area (Å²) in [6.07, 6.45) is -0.106. The molecule has 1 unspecified atom stereocenters. The third kappa shape index (κ3) is 3.26. The first-order valence-corrected chi connectivity index (χ1v) is 7.22. The van der Waals surface area contributed by atoms with Gasteiger partial charge in [-0.25, -0.2) is 8.78 Å². The number of halogens is 2. The molecule has 0 fully saturated rings. The van der Waals surface area contributed by atoms with Gasteiger partial charge in [0.2, 0.25) is 0 Å². The molecule has 1 aliphatic heterocycles. The van der Waals surface area contributed by atoms with E-state index in [1.54, 1.807) is 0 Å². The van der Waals surface area contributed by atoms with Gasteiger partial charge < -0.3 is 15.2 Å². The van der Waals surface area contributed by atoms with Crippen molar-refractivity contribution >= 4 is 0 Å². The monoisotopic (exact) mass is 305 g/mol. The number of ether oxygens (including phenoxy) is 1. The Balaban J connectivity index is 1.56. The van der Waals surface area contributed by atoms with Crippen molar-refractivity contribution in [3.63, 3.8) is 0 Å². The van der Waals surface area contributed by atoms with Crippen molar-refractivity contribution in [2.45, 2.75) is 19.1 Å². The number of rotatable bonds is 5. The Hall–Kier alpha value is -1.98. The topological polar surface area (TPSA) is 41.5 Å². The Kier molecular flexibility index (Phi) is 4.36. The minimum Gasteiger partial charge on any atom is -0.493 e. The summed E-state index contributed by atoms with van der Waals surface area (Å²) in [4.78, 5) is 0. The fourth-order valence-corrected chi connectivity index (χ4v) is 2.58. The van der Waals surface area contributed by atoms with Gasteiger partial charge in [-0.15, -0.1) is 0 Å². The average molecular weight is 305 g/mol. The average Bonchev–Trinajstić information content (AvgIpc) is 2.94. The number of aliphatic hydroxyl groups excluding tert-OH is 1. The third-order valence-electron chi connectivity index (χ3n) is 3.74. The van der Waals surface area contributed by atoms with Crippen LogP contribution >= 0.6 is 0 Å². The lowest BCUT2D eigenvalue weighted by atomic mass is 10.1. The standard InChI is InChI=1S/C17H17F2NO2/c18-13-2-3-14(15(19)8-13)16(21)10-20-9-11-1-4-17-12(7-11)5-6-22-17/h1-4,7-8,16,20-21H,5-6,9-10H2. The summed E-state index contributed by atoms with van der Waals surface area (Å²) in [6.45, 7) is 1.47. The number of nitrogens with one attached hydrogen (secondary N) is 1. The predicted molar refractivity (Wildman–Crippen MR) is 78.7 cm³/mol. The van der Waals surface area contributed by atoms with Gasteiger partial charge in [-0.1, -0.05) is 18.2 Å². The lowest BCUT2D eigenvalue weighted by Gasteiger charge is -2.13. The molecule has 0 aliphatic carbocycles. The van der Waals surface area contributed by atoms with E-state index in [0.29, 0.717) is 6.54 Å². The summed E-state index contributed by atoms with van der Waals surface area (Å²) in [6, 6.07) is 9.16. The molecule has 1 heterocycles. The molecule has 1 atom stereocenters. The van der Waals surface area contributed by atoms with Crippen molar-refractivity contribution in [3.05, 3.63) is 64.7 Å². The third-order valence-corrected chi connectivity index (χ3v) is 3.74. The molecule has 5 heteroatoms. The van der Waals surface area contributed by atoms with E-state index in [1.807, 2.05) is 12.1 Å².